The molecule has 0 fully saturated rings. The highest BCUT2D eigenvalue weighted by atomic mass is 19.3. The Kier molecular flexibility index (Phi) is 5.75. The monoisotopic (exact) mass is 494 g/mol. The maximum absolute atomic E-state index is 13.4. The molecule has 0 spiro atoms. The largest absolute Gasteiger partial charge is 0.586 e. The van der Waals surface area contributed by atoms with Gasteiger partial charge in [-0.25, -0.2) is 4.68 Å². The Labute approximate surface area is 203 Å². The van der Waals surface area contributed by atoms with Gasteiger partial charge in [0, 0.05) is 42.5 Å². The van der Waals surface area contributed by atoms with Gasteiger partial charge in [0.1, 0.15) is 12.3 Å². The summed E-state index contributed by atoms with van der Waals surface area (Å²) >= 11 is 0. The summed E-state index contributed by atoms with van der Waals surface area (Å²) in [6.07, 6.45) is -0.164. The van der Waals surface area contributed by atoms with Gasteiger partial charge in [-0.1, -0.05) is 18.2 Å². The molecule has 0 saturated carbocycles. The molecule has 36 heavy (non-hydrogen) atoms. The Bertz CT molecular complexity index is 1520. The van der Waals surface area contributed by atoms with Gasteiger partial charge in [-0.05, 0) is 36.8 Å². The van der Waals surface area contributed by atoms with Crippen LogP contribution in [0.1, 0.15) is 18.2 Å². The number of rotatable bonds is 6. The summed E-state index contributed by atoms with van der Waals surface area (Å²) in [6.45, 7) is 1.44. The highest BCUT2D eigenvalue weighted by Gasteiger charge is 2.43. The van der Waals surface area contributed by atoms with Crippen LogP contribution >= 0.6 is 0 Å². The van der Waals surface area contributed by atoms with E-state index in [1.54, 1.807) is 37.5 Å². The predicted octanol–water partition coefficient (Wildman–Crippen LogP) is 3.46. The minimum Gasteiger partial charge on any atom is -0.507 e. The van der Waals surface area contributed by atoms with Crippen molar-refractivity contribution in [2.45, 2.75) is 26.2 Å². The summed E-state index contributed by atoms with van der Waals surface area (Å²) in [6, 6.07) is 12.3. The quantitative estimate of drug-likeness (QED) is 0.438. The molecule has 0 bridgehead atoms. The zero-order chi connectivity index (χ0) is 25.4. The Hall–Kier alpha value is -4.54. The first-order valence-corrected chi connectivity index (χ1v) is 11.1. The van der Waals surface area contributed by atoms with Gasteiger partial charge in [0.2, 0.25) is 5.91 Å². The van der Waals surface area contributed by atoms with Crippen molar-refractivity contribution in [2.75, 3.05) is 11.4 Å². The molecular weight excluding hydrogens is 474 g/mol. The second-order valence-electron chi connectivity index (χ2n) is 8.08. The molecule has 3 heterocycles. The first-order chi connectivity index (χ1) is 17.3. The van der Waals surface area contributed by atoms with Crippen LogP contribution < -0.4 is 19.9 Å². The lowest BCUT2D eigenvalue weighted by Crippen LogP contribution is -2.37. The van der Waals surface area contributed by atoms with E-state index >= 15 is 0 Å². The molecule has 2 aromatic heterocycles. The number of hydrogen-bond donors (Lipinski definition) is 1. The molecule has 11 heteroatoms. The molecule has 0 saturated heterocycles. The van der Waals surface area contributed by atoms with Crippen LogP contribution in [-0.2, 0) is 17.8 Å². The molecule has 1 aliphatic rings. The van der Waals surface area contributed by atoms with E-state index in [1.165, 1.54) is 29.2 Å². The maximum Gasteiger partial charge on any atom is 0.586 e. The van der Waals surface area contributed by atoms with Crippen molar-refractivity contribution in [3.8, 4) is 17.2 Å². The van der Waals surface area contributed by atoms with E-state index < -0.39 is 24.3 Å². The van der Waals surface area contributed by atoms with Gasteiger partial charge >= 0.3 is 6.29 Å². The minimum atomic E-state index is -3.78. The molecule has 1 N–H and O–H groups in total. The smallest absolute Gasteiger partial charge is 0.507 e. The van der Waals surface area contributed by atoms with Gasteiger partial charge in [-0.2, -0.15) is 5.10 Å². The van der Waals surface area contributed by atoms with Crippen LogP contribution in [-0.4, -0.2) is 38.6 Å². The Morgan fingerprint density at radius 3 is 2.69 bits per heavy atom. The van der Waals surface area contributed by atoms with Crippen molar-refractivity contribution in [1.29, 1.82) is 0 Å². The lowest BCUT2D eigenvalue weighted by molar-refractivity contribution is -0.286. The van der Waals surface area contributed by atoms with E-state index in [0.29, 0.717) is 17.5 Å². The van der Waals surface area contributed by atoms with Crippen LogP contribution in [0.4, 0.5) is 14.5 Å². The molecule has 0 radical (unpaired) electrons. The van der Waals surface area contributed by atoms with Crippen molar-refractivity contribution in [2.24, 2.45) is 0 Å². The van der Waals surface area contributed by atoms with Crippen molar-refractivity contribution in [1.82, 2.24) is 14.8 Å². The first kappa shape index (κ1) is 23.2. The number of aromatic hydroxyl groups is 1. The maximum atomic E-state index is 13.4. The van der Waals surface area contributed by atoms with Gasteiger partial charge in [0.05, 0.1) is 11.1 Å². The summed E-state index contributed by atoms with van der Waals surface area (Å²) in [4.78, 5) is 31.9. The number of phenols is 1. The van der Waals surface area contributed by atoms with Crippen LogP contribution in [0.5, 0.6) is 17.2 Å². The molecule has 0 aliphatic carbocycles. The summed E-state index contributed by atoms with van der Waals surface area (Å²) in [5, 5.41) is 15.4. The fraction of sp³-hybridized carbons (Fsp3) is 0.200. The van der Waals surface area contributed by atoms with Crippen molar-refractivity contribution in [3.63, 3.8) is 0 Å². The minimum absolute atomic E-state index is 0.0487. The second-order valence-corrected chi connectivity index (χ2v) is 8.08. The summed E-state index contributed by atoms with van der Waals surface area (Å²) < 4.78 is 36.7. The average Bonchev–Trinajstić information content (AvgIpc) is 3.16. The number of amides is 1. The average molecular weight is 494 g/mol. The van der Waals surface area contributed by atoms with Gasteiger partial charge in [0.15, 0.2) is 11.5 Å². The van der Waals surface area contributed by atoms with E-state index in [1.807, 2.05) is 6.07 Å². The topological polar surface area (TPSA) is 107 Å². The molecule has 1 aliphatic heterocycles. The second kappa shape index (κ2) is 8.91. The fourth-order valence-corrected chi connectivity index (χ4v) is 4.14. The number of halogens is 2. The molecule has 0 atom stereocenters. The third kappa shape index (κ3) is 4.30. The third-order valence-corrected chi connectivity index (χ3v) is 5.74. The van der Waals surface area contributed by atoms with Crippen LogP contribution in [0, 0.1) is 0 Å². The number of carbonyl (C=O) groups is 1. The number of ether oxygens (including phenoxy) is 2. The van der Waals surface area contributed by atoms with Crippen LogP contribution in [0.2, 0.25) is 0 Å². The van der Waals surface area contributed by atoms with Gasteiger partial charge in [-0.15, -0.1) is 8.78 Å². The standard InChI is InChI=1S/C25H20F2N4O5/c1-2-30(16-8-9-20-21(12-16)36-25(26,27)35-20)22(33)14-31-24(34)23-17(6-3-7-19(23)32)18(29-31)11-15-5-4-10-28-13-15/h3-10,12-13,32H,2,11,14H2,1H3. The van der Waals surface area contributed by atoms with Crippen LogP contribution in [0.25, 0.3) is 10.8 Å². The van der Waals surface area contributed by atoms with Crippen molar-refractivity contribution < 1.29 is 28.2 Å². The molecule has 184 valence electrons. The summed E-state index contributed by atoms with van der Waals surface area (Å²) in [5.74, 6) is -1.08. The highest BCUT2D eigenvalue weighted by molar-refractivity contribution is 5.94. The number of benzene rings is 2. The van der Waals surface area contributed by atoms with E-state index in [-0.39, 0.29) is 34.9 Å². The van der Waals surface area contributed by atoms with Crippen molar-refractivity contribution in [3.05, 3.63) is 82.5 Å². The fourth-order valence-electron chi connectivity index (χ4n) is 4.14. The number of anilines is 1. The van der Waals surface area contributed by atoms with E-state index in [0.717, 1.165) is 10.2 Å². The van der Waals surface area contributed by atoms with Crippen LogP contribution in [0.15, 0.2) is 65.7 Å². The van der Waals surface area contributed by atoms with E-state index in [4.69, 9.17) is 0 Å². The van der Waals surface area contributed by atoms with Gasteiger partial charge in [-0.3, -0.25) is 14.6 Å². The number of phenolic OH excluding ortho intramolecular Hbond substituents is 1. The first-order valence-electron chi connectivity index (χ1n) is 11.1. The number of carbonyl (C=O) groups excluding carboxylic acids is 1. The van der Waals surface area contributed by atoms with Crippen LogP contribution in [0.3, 0.4) is 0 Å². The van der Waals surface area contributed by atoms with Gasteiger partial charge < -0.3 is 19.5 Å². The molecule has 4 aromatic rings. The zero-order valence-corrected chi connectivity index (χ0v) is 19.0. The van der Waals surface area contributed by atoms with Crippen molar-refractivity contribution >= 4 is 22.4 Å². The number of likely N-dealkylation sites (N-methyl/N-ethyl adjacent to an activating group) is 1. The third-order valence-electron chi connectivity index (χ3n) is 5.74. The lowest BCUT2D eigenvalue weighted by Gasteiger charge is -2.22. The van der Waals surface area contributed by atoms with E-state index in [2.05, 4.69) is 19.6 Å². The van der Waals surface area contributed by atoms with Gasteiger partial charge in [0.25, 0.3) is 5.56 Å². The number of fused-ring (bicyclic) bond motifs is 2. The molecule has 2 aromatic carbocycles. The van der Waals surface area contributed by atoms with E-state index in [9.17, 15) is 23.5 Å². The number of aromatic nitrogens is 3. The Balaban J connectivity index is 1.50. The SMILES string of the molecule is CCN(C(=O)Cn1nc(Cc2cccnc2)c2cccc(O)c2c1=O)c1ccc2c(c1)OC(F)(F)O2. The summed E-state index contributed by atoms with van der Waals surface area (Å²) in [7, 11) is 0. The zero-order valence-electron chi connectivity index (χ0n) is 19.0. The predicted molar refractivity (Wildman–Crippen MR) is 125 cm³/mol. The molecule has 1 amide bonds. The summed E-state index contributed by atoms with van der Waals surface area (Å²) in [5.41, 5.74) is 0.968. The normalized spacial score (nSPS) is 13.6. The Morgan fingerprint density at radius 2 is 1.94 bits per heavy atom. The molecular formula is C25H20F2N4O5. The molecule has 5 rings (SSSR count). The number of hydrogen-bond acceptors (Lipinski definition) is 7. The molecule has 9 nitrogen and oxygen atoms in total. The lowest BCUT2D eigenvalue weighted by atomic mass is 10.1. The number of nitrogens with zero attached hydrogens (tertiary/aromatic N) is 4. The number of alkyl halides is 2. The Morgan fingerprint density at radius 1 is 1.14 bits per heavy atom. The highest BCUT2D eigenvalue weighted by Crippen LogP contribution is 2.42. The molecule has 0 unspecified atom stereocenters. The number of pyridine rings is 1.